The third kappa shape index (κ3) is 3.58. The van der Waals surface area contributed by atoms with E-state index in [9.17, 15) is 13.2 Å². The van der Waals surface area contributed by atoms with E-state index in [0.29, 0.717) is 12.1 Å². The molecule has 104 valence electrons. The smallest absolute Gasteiger partial charge is 0.306 e. The first kappa shape index (κ1) is 14.1. The zero-order chi connectivity index (χ0) is 14.6. The first-order chi connectivity index (χ1) is 9.49. The number of amides is 1. The van der Waals surface area contributed by atoms with E-state index in [2.05, 4.69) is 0 Å². The van der Waals surface area contributed by atoms with Gasteiger partial charge in [-0.3, -0.25) is 9.69 Å². The number of carbonyl (C=O) groups excluding carboxylic acids is 1. The van der Waals surface area contributed by atoms with Gasteiger partial charge in [-0.1, -0.05) is 18.2 Å². The van der Waals surface area contributed by atoms with E-state index < -0.39 is 10.1 Å². The van der Waals surface area contributed by atoms with Crippen LogP contribution in [0.4, 0.5) is 11.4 Å². The SMILES string of the molecule is CS(=O)(=O)Oc1ccc(N(C=O)c2ccccc2)cc1. The van der Waals surface area contributed by atoms with Crippen molar-refractivity contribution in [2.45, 2.75) is 0 Å². The molecule has 0 saturated carbocycles. The fourth-order valence-electron chi connectivity index (χ4n) is 1.70. The predicted molar refractivity (Wildman–Crippen MR) is 76.6 cm³/mol. The summed E-state index contributed by atoms with van der Waals surface area (Å²) in [6.45, 7) is 0. The Bertz CT molecular complexity index is 681. The minimum atomic E-state index is -3.55. The van der Waals surface area contributed by atoms with E-state index >= 15 is 0 Å². The van der Waals surface area contributed by atoms with Crippen molar-refractivity contribution in [2.24, 2.45) is 0 Å². The van der Waals surface area contributed by atoms with E-state index in [4.69, 9.17) is 4.18 Å². The number of hydrogen-bond donors (Lipinski definition) is 0. The molecule has 2 aromatic carbocycles. The summed E-state index contributed by atoms with van der Waals surface area (Å²) in [4.78, 5) is 12.7. The summed E-state index contributed by atoms with van der Waals surface area (Å²) in [5.74, 6) is 0.204. The second-order valence-electron chi connectivity index (χ2n) is 4.09. The van der Waals surface area contributed by atoms with Gasteiger partial charge in [0.2, 0.25) is 6.41 Å². The molecule has 0 aliphatic heterocycles. The van der Waals surface area contributed by atoms with Gasteiger partial charge in [-0.2, -0.15) is 8.42 Å². The summed E-state index contributed by atoms with van der Waals surface area (Å²) in [6.07, 6.45) is 1.67. The highest BCUT2D eigenvalue weighted by Crippen LogP contribution is 2.25. The number of benzene rings is 2. The Labute approximate surface area is 117 Å². The topological polar surface area (TPSA) is 63.7 Å². The number of para-hydroxylation sites is 1. The molecular formula is C14H13NO4S. The molecule has 0 fully saturated rings. The Balaban J connectivity index is 2.26. The van der Waals surface area contributed by atoms with E-state index in [1.54, 1.807) is 24.3 Å². The number of hydrogen-bond acceptors (Lipinski definition) is 4. The first-order valence-corrected chi connectivity index (χ1v) is 7.60. The zero-order valence-corrected chi connectivity index (χ0v) is 11.6. The number of anilines is 2. The van der Waals surface area contributed by atoms with Crippen molar-refractivity contribution in [1.82, 2.24) is 0 Å². The molecule has 0 aromatic heterocycles. The number of nitrogens with zero attached hydrogens (tertiary/aromatic N) is 1. The molecule has 20 heavy (non-hydrogen) atoms. The van der Waals surface area contributed by atoms with Gasteiger partial charge in [-0.05, 0) is 36.4 Å². The Kier molecular flexibility index (Phi) is 4.05. The molecule has 0 saturated heterocycles. The van der Waals surface area contributed by atoms with Crippen molar-refractivity contribution in [1.29, 1.82) is 0 Å². The lowest BCUT2D eigenvalue weighted by Crippen LogP contribution is -2.13. The van der Waals surface area contributed by atoms with Crippen molar-refractivity contribution in [3.8, 4) is 5.75 Å². The van der Waals surface area contributed by atoms with Crippen LogP contribution in [0, 0.1) is 0 Å². The quantitative estimate of drug-likeness (QED) is 0.626. The van der Waals surface area contributed by atoms with Crippen LogP contribution < -0.4 is 9.08 Å². The zero-order valence-electron chi connectivity index (χ0n) is 10.8. The molecular weight excluding hydrogens is 278 g/mol. The van der Waals surface area contributed by atoms with Gasteiger partial charge in [0, 0.05) is 11.4 Å². The molecule has 2 rings (SSSR count). The minimum absolute atomic E-state index is 0.204. The van der Waals surface area contributed by atoms with E-state index in [1.807, 2.05) is 18.2 Å². The molecule has 0 spiro atoms. The van der Waals surface area contributed by atoms with Crippen molar-refractivity contribution in [3.05, 3.63) is 54.6 Å². The fourth-order valence-corrected chi connectivity index (χ4v) is 2.16. The molecule has 1 amide bonds. The monoisotopic (exact) mass is 291 g/mol. The van der Waals surface area contributed by atoms with Crippen LogP contribution in [0.5, 0.6) is 5.75 Å². The molecule has 0 aliphatic carbocycles. The third-order valence-electron chi connectivity index (χ3n) is 2.50. The summed E-state index contributed by atoms with van der Waals surface area (Å²) in [5, 5.41) is 0. The maximum absolute atomic E-state index is 11.2. The van der Waals surface area contributed by atoms with Gasteiger partial charge in [0.15, 0.2) is 0 Å². The Morgan fingerprint density at radius 3 is 2.00 bits per heavy atom. The van der Waals surface area contributed by atoms with Crippen LogP contribution in [0.15, 0.2) is 54.6 Å². The molecule has 0 radical (unpaired) electrons. The van der Waals surface area contributed by atoms with Crippen LogP contribution in [0.25, 0.3) is 0 Å². The van der Waals surface area contributed by atoms with Crippen LogP contribution in [0.2, 0.25) is 0 Å². The average Bonchev–Trinajstić information content (AvgIpc) is 2.41. The van der Waals surface area contributed by atoms with Crippen molar-refractivity contribution >= 4 is 27.9 Å². The maximum atomic E-state index is 11.2. The predicted octanol–water partition coefficient (Wildman–Crippen LogP) is 2.32. The highest BCUT2D eigenvalue weighted by molar-refractivity contribution is 7.86. The van der Waals surface area contributed by atoms with Crippen LogP contribution in [0.1, 0.15) is 0 Å². The van der Waals surface area contributed by atoms with Crippen molar-refractivity contribution in [3.63, 3.8) is 0 Å². The highest BCUT2D eigenvalue weighted by atomic mass is 32.2. The fraction of sp³-hybridized carbons (Fsp3) is 0.0714. The molecule has 0 bridgehead atoms. The van der Waals surface area contributed by atoms with Crippen LogP contribution >= 0.6 is 0 Å². The lowest BCUT2D eigenvalue weighted by molar-refractivity contribution is -0.106. The highest BCUT2D eigenvalue weighted by Gasteiger charge is 2.09. The Hall–Kier alpha value is -2.34. The average molecular weight is 291 g/mol. The Morgan fingerprint density at radius 1 is 0.950 bits per heavy atom. The number of carbonyl (C=O) groups is 1. The van der Waals surface area contributed by atoms with Gasteiger partial charge < -0.3 is 4.18 Å². The van der Waals surface area contributed by atoms with Gasteiger partial charge in [0.1, 0.15) is 5.75 Å². The first-order valence-electron chi connectivity index (χ1n) is 5.79. The minimum Gasteiger partial charge on any atom is -0.383 e. The summed E-state index contributed by atoms with van der Waals surface area (Å²) < 4.78 is 26.8. The van der Waals surface area contributed by atoms with Crippen molar-refractivity contribution < 1.29 is 17.4 Å². The summed E-state index contributed by atoms with van der Waals surface area (Å²) in [7, 11) is -3.55. The van der Waals surface area contributed by atoms with Gasteiger partial charge in [0.05, 0.1) is 6.26 Å². The van der Waals surface area contributed by atoms with Gasteiger partial charge >= 0.3 is 10.1 Å². The van der Waals surface area contributed by atoms with Gasteiger partial charge in [-0.15, -0.1) is 0 Å². The number of rotatable bonds is 5. The maximum Gasteiger partial charge on any atom is 0.306 e. The summed E-state index contributed by atoms with van der Waals surface area (Å²) in [6, 6.07) is 15.3. The summed E-state index contributed by atoms with van der Waals surface area (Å²) >= 11 is 0. The second kappa shape index (κ2) is 5.75. The summed E-state index contributed by atoms with van der Waals surface area (Å²) in [5.41, 5.74) is 1.34. The molecule has 6 heteroatoms. The van der Waals surface area contributed by atoms with E-state index in [1.165, 1.54) is 17.0 Å². The normalized spacial score (nSPS) is 10.8. The molecule has 2 aromatic rings. The van der Waals surface area contributed by atoms with Crippen LogP contribution in [-0.4, -0.2) is 21.1 Å². The van der Waals surface area contributed by atoms with Gasteiger partial charge in [0.25, 0.3) is 0 Å². The molecule has 0 unspecified atom stereocenters. The van der Waals surface area contributed by atoms with Crippen molar-refractivity contribution in [2.75, 3.05) is 11.2 Å². The standard InChI is InChI=1S/C14H13NO4S/c1-20(17,18)19-14-9-7-13(8-10-14)15(11-16)12-5-3-2-4-6-12/h2-11H,1H3. The second-order valence-corrected chi connectivity index (χ2v) is 5.67. The van der Waals surface area contributed by atoms with Gasteiger partial charge in [-0.25, -0.2) is 0 Å². The largest absolute Gasteiger partial charge is 0.383 e. The molecule has 0 aliphatic rings. The lowest BCUT2D eigenvalue weighted by Gasteiger charge is -2.17. The van der Waals surface area contributed by atoms with E-state index in [-0.39, 0.29) is 5.75 Å². The molecule has 0 heterocycles. The lowest BCUT2D eigenvalue weighted by atomic mass is 10.2. The molecule has 0 atom stereocenters. The van der Waals surface area contributed by atoms with Crippen LogP contribution in [-0.2, 0) is 14.9 Å². The molecule has 0 N–H and O–H groups in total. The van der Waals surface area contributed by atoms with E-state index in [0.717, 1.165) is 11.9 Å². The van der Waals surface area contributed by atoms with Crippen LogP contribution in [0.3, 0.4) is 0 Å². The molecule has 5 nitrogen and oxygen atoms in total. The third-order valence-corrected chi connectivity index (χ3v) is 3.00. The Morgan fingerprint density at radius 2 is 1.50 bits per heavy atom.